The van der Waals surface area contributed by atoms with E-state index in [1.807, 2.05) is 30.3 Å². The monoisotopic (exact) mass is 447 g/mol. The van der Waals surface area contributed by atoms with Gasteiger partial charge in [0.2, 0.25) is 10.0 Å². The molecule has 136 valence electrons. The molecular weight excluding hydrogens is 430 g/mol. The van der Waals surface area contributed by atoms with Crippen LogP contribution in [0.1, 0.15) is 6.42 Å². The zero-order valence-corrected chi connectivity index (χ0v) is 16.7. The Bertz CT molecular complexity index is 928. The highest BCUT2D eigenvalue weighted by Gasteiger charge is 2.20. The van der Waals surface area contributed by atoms with E-state index in [1.54, 1.807) is 0 Å². The first-order valence-corrected chi connectivity index (χ1v) is 11.5. The van der Waals surface area contributed by atoms with Gasteiger partial charge in [-0.15, -0.1) is 0 Å². The molecule has 0 radical (unpaired) electrons. The summed E-state index contributed by atoms with van der Waals surface area (Å²) in [4.78, 5) is -0.164. The largest absolute Gasteiger partial charge is 0.494 e. The molecule has 0 amide bonds. The van der Waals surface area contributed by atoms with Gasteiger partial charge in [0.1, 0.15) is 5.75 Å². The van der Waals surface area contributed by atoms with E-state index in [-0.39, 0.29) is 16.3 Å². The zero-order chi connectivity index (χ0) is 18.5. The molecule has 0 bridgehead atoms. The summed E-state index contributed by atoms with van der Waals surface area (Å²) in [6.45, 7) is 0.530. The third kappa shape index (κ3) is 5.81. The molecule has 25 heavy (non-hydrogen) atoms. The first-order valence-electron chi connectivity index (χ1n) is 7.37. The van der Waals surface area contributed by atoms with E-state index in [0.717, 1.165) is 12.3 Å². The molecule has 0 saturated heterocycles. The summed E-state index contributed by atoms with van der Waals surface area (Å²) in [5.41, 5.74) is 0. The molecule has 0 aliphatic heterocycles. The summed E-state index contributed by atoms with van der Waals surface area (Å²) in [7, 11) is -7.33. The van der Waals surface area contributed by atoms with Crippen LogP contribution in [0.2, 0.25) is 0 Å². The first kappa shape index (κ1) is 19.9. The van der Waals surface area contributed by atoms with Crippen LogP contribution in [0.3, 0.4) is 0 Å². The summed E-state index contributed by atoms with van der Waals surface area (Å²) in [6.07, 6.45) is 1.50. The van der Waals surface area contributed by atoms with Gasteiger partial charge in [-0.2, -0.15) is 0 Å². The fourth-order valence-corrected chi connectivity index (χ4v) is 4.77. The SMILES string of the molecule is CS(=O)(=O)c1ccc(Br)c(S(=O)(=O)NCCCOc2ccccc2)c1. The van der Waals surface area contributed by atoms with Crippen LogP contribution >= 0.6 is 15.9 Å². The average molecular weight is 448 g/mol. The van der Waals surface area contributed by atoms with Crippen LogP contribution in [0.4, 0.5) is 0 Å². The Morgan fingerprint density at radius 2 is 1.72 bits per heavy atom. The Morgan fingerprint density at radius 3 is 2.36 bits per heavy atom. The van der Waals surface area contributed by atoms with Crippen LogP contribution in [0.15, 0.2) is 62.8 Å². The second-order valence-electron chi connectivity index (χ2n) is 5.28. The Labute approximate surface area is 156 Å². The Kier molecular flexibility index (Phi) is 6.61. The Hall–Kier alpha value is -1.42. The van der Waals surface area contributed by atoms with Crippen molar-refractivity contribution >= 4 is 35.8 Å². The lowest BCUT2D eigenvalue weighted by atomic mass is 10.3. The number of ether oxygens (including phenoxy) is 1. The smallest absolute Gasteiger partial charge is 0.241 e. The van der Waals surface area contributed by atoms with Crippen LogP contribution in [0.5, 0.6) is 5.75 Å². The van der Waals surface area contributed by atoms with Crippen molar-refractivity contribution in [3.05, 3.63) is 53.0 Å². The standard InChI is InChI=1S/C16H18BrNO5S2/c1-24(19,20)14-8-9-15(17)16(12-14)25(21,22)18-10-5-11-23-13-6-3-2-4-7-13/h2-4,6-9,12,18H,5,10-11H2,1H3. The molecule has 0 aromatic heterocycles. The van der Waals surface area contributed by atoms with Crippen molar-refractivity contribution in [3.63, 3.8) is 0 Å². The molecule has 0 saturated carbocycles. The number of sulfone groups is 1. The van der Waals surface area contributed by atoms with Gasteiger partial charge >= 0.3 is 0 Å². The molecule has 6 nitrogen and oxygen atoms in total. The van der Waals surface area contributed by atoms with Crippen LogP contribution in [0, 0.1) is 0 Å². The maximum Gasteiger partial charge on any atom is 0.241 e. The molecule has 2 aromatic rings. The Balaban J connectivity index is 1.97. The third-order valence-corrected chi connectivity index (χ3v) is 6.81. The quantitative estimate of drug-likeness (QED) is 0.628. The van der Waals surface area contributed by atoms with E-state index in [1.165, 1.54) is 12.1 Å². The molecule has 2 aromatic carbocycles. The van der Waals surface area contributed by atoms with Crippen molar-refractivity contribution in [2.24, 2.45) is 0 Å². The molecule has 0 unspecified atom stereocenters. The van der Waals surface area contributed by atoms with Gasteiger partial charge in [-0.05, 0) is 52.7 Å². The van der Waals surface area contributed by atoms with Crippen molar-refractivity contribution in [2.75, 3.05) is 19.4 Å². The van der Waals surface area contributed by atoms with Gasteiger partial charge in [0.15, 0.2) is 9.84 Å². The van der Waals surface area contributed by atoms with Gasteiger partial charge < -0.3 is 4.74 Å². The highest BCUT2D eigenvalue weighted by atomic mass is 79.9. The lowest BCUT2D eigenvalue weighted by molar-refractivity contribution is 0.311. The van der Waals surface area contributed by atoms with Gasteiger partial charge in [-0.25, -0.2) is 21.6 Å². The number of para-hydroxylation sites is 1. The number of nitrogens with one attached hydrogen (secondary N) is 1. The number of benzene rings is 2. The minimum atomic E-state index is -3.84. The number of sulfonamides is 1. The topological polar surface area (TPSA) is 89.5 Å². The zero-order valence-electron chi connectivity index (χ0n) is 13.5. The van der Waals surface area contributed by atoms with Crippen LogP contribution in [-0.2, 0) is 19.9 Å². The van der Waals surface area contributed by atoms with E-state index in [9.17, 15) is 16.8 Å². The van der Waals surface area contributed by atoms with Crippen LogP contribution < -0.4 is 9.46 Å². The fourth-order valence-electron chi connectivity index (χ4n) is 1.98. The number of hydrogen-bond acceptors (Lipinski definition) is 5. The predicted octanol–water partition coefficient (Wildman–Crippen LogP) is 2.60. The minimum Gasteiger partial charge on any atom is -0.494 e. The molecule has 0 aliphatic rings. The molecule has 0 aliphatic carbocycles. The number of hydrogen-bond donors (Lipinski definition) is 1. The van der Waals surface area contributed by atoms with E-state index in [2.05, 4.69) is 20.7 Å². The molecule has 0 heterocycles. The van der Waals surface area contributed by atoms with E-state index in [0.29, 0.717) is 23.2 Å². The molecule has 1 N–H and O–H groups in total. The molecular formula is C16H18BrNO5S2. The molecule has 0 fully saturated rings. The predicted molar refractivity (Wildman–Crippen MR) is 99.0 cm³/mol. The summed E-state index contributed by atoms with van der Waals surface area (Å²) in [5.74, 6) is 0.717. The maximum absolute atomic E-state index is 12.4. The second-order valence-corrected chi connectivity index (χ2v) is 9.88. The van der Waals surface area contributed by atoms with Crippen molar-refractivity contribution < 1.29 is 21.6 Å². The van der Waals surface area contributed by atoms with E-state index in [4.69, 9.17) is 4.74 Å². The molecule has 0 spiro atoms. The van der Waals surface area contributed by atoms with Crippen molar-refractivity contribution in [1.29, 1.82) is 0 Å². The highest BCUT2D eigenvalue weighted by molar-refractivity contribution is 9.10. The molecule has 9 heteroatoms. The fraction of sp³-hybridized carbons (Fsp3) is 0.250. The first-order chi connectivity index (χ1) is 11.7. The van der Waals surface area contributed by atoms with Crippen molar-refractivity contribution in [3.8, 4) is 5.75 Å². The second kappa shape index (κ2) is 8.31. The number of halogens is 1. The highest BCUT2D eigenvalue weighted by Crippen LogP contribution is 2.25. The van der Waals surface area contributed by atoms with E-state index < -0.39 is 19.9 Å². The van der Waals surface area contributed by atoms with Crippen LogP contribution in [-0.4, -0.2) is 36.2 Å². The normalized spacial score (nSPS) is 12.1. The van der Waals surface area contributed by atoms with Crippen molar-refractivity contribution in [2.45, 2.75) is 16.2 Å². The number of rotatable bonds is 8. The lowest BCUT2D eigenvalue weighted by Crippen LogP contribution is -2.26. The molecule has 2 rings (SSSR count). The maximum atomic E-state index is 12.4. The molecule has 0 atom stereocenters. The van der Waals surface area contributed by atoms with Gasteiger partial charge in [0.25, 0.3) is 0 Å². The summed E-state index contributed by atoms with van der Waals surface area (Å²) in [5, 5.41) is 0. The van der Waals surface area contributed by atoms with Gasteiger partial charge in [-0.3, -0.25) is 0 Å². The Morgan fingerprint density at radius 1 is 1.04 bits per heavy atom. The lowest BCUT2D eigenvalue weighted by Gasteiger charge is -2.10. The summed E-state index contributed by atoms with van der Waals surface area (Å²) < 4.78 is 56.2. The van der Waals surface area contributed by atoms with Crippen molar-refractivity contribution in [1.82, 2.24) is 4.72 Å². The van der Waals surface area contributed by atoms with Crippen LogP contribution in [0.25, 0.3) is 0 Å². The minimum absolute atomic E-state index is 0.0523. The van der Waals surface area contributed by atoms with Gasteiger partial charge in [-0.1, -0.05) is 18.2 Å². The van der Waals surface area contributed by atoms with E-state index >= 15 is 0 Å². The summed E-state index contributed by atoms with van der Waals surface area (Å²) >= 11 is 3.15. The average Bonchev–Trinajstić information content (AvgIpc) is 2.54. The van der Waals surface area contributed by atoms with Gasteiger partial charge in [0, 0.05) is 17.3 Å². The summed E-state index contributed by atoms with van der Waals surface area (Å²) in [6, 6.07) is 13.1. The van der Waals surface area contributed by atoms with Gasteiger partial charge in [0.05, 0.1) is 16.4 Å². The third-order valence-electron chi connectivity index (χ3n) is 3.25.